The molecule has 1 heterocycles. The van der Waals surface area contributed by atoms with Gasteiger partial charge in [0.25, 0.3) is 0 Å². The summed E-state index contributed by atoms with van der Waals surface area (Å²) in [5.41, 5.74) is 0.375. The zero-order valence-corrected chi connectivity index (χ0v) is 9.84. The predicted octanol–water partition coefficient (Wildman–Crippen LogP) is 1.80. The Morgan fingerprint density at radius 1 is 1.67 bits per heavy atom. The van der Waals surface area contributed by atoms with E-state index in [1.165, 1.54) is 0 Å². The average Bonchev–Trinajstić information content (AvgIpc) is 2.21. The summed E-state index contributed by atoms with van der Waals surface area (Å²) in [5, 5.41) is 13.4. The molecule has 0 aromatic carbocycles. The number of ether oxygens (including phenoxy) is 1. The monoisotopic (exact) mass is 211 g/mol. The number of aliphatic hydroxyl groups is 1. The van der Waals surface area contributed by atoms with Crippen molar-refractivity contribution in [2.45, 2.75) is 38.8 Å². The van der Waals surface area contributed by atoms with Gasteiger partial charge in [-0.2, -0.15) is 0 Å². The quantitative estimate of drug-likeness (QED) is 0.728. The van der Waals surface area contributed by atoms with E-state index in [0.29, 0.717) is 12.4 Å². The maximum absolute atomic E-state index is 10.2. The fourth-order valence-corrected chi connectivity index (χ4v) is 1.73. The Kier molecular flexibility index (Phi) is 3.45. The molecule has 2 N–H and O–H groups in total. The molecule has 3 heteroatoms. The van der Waals surface area contributed by atoms with E-state index in [1.807, 2.05) is 20.8 Å². The maximum atomic E-state index is 10.2. The van der Waals surface area contributed by atoms with Crippen LogP contribution < -0.4 is 5.32 Å². The molecule has 0 aliphatic carbocycles. The van der Waals surface area contributed by atoms with E-state index in [9.17, 15) is 5.11 Å². The Balaban J connectivity index is 2.80. The van der Waals surface area contributed by atoms with Crippen molar-refractivity contribution in [1.82, 2.24) is 5.32 Å². The van der Waals surface area contributed by atoms with Crippen molar-refractivity contribution in [1.29, 1.82) is 0 Å². The van der Waals surface area contributed by atoms with Gasteiger partial charge in [-0.25, -0.2) is 0 Å². The number of rotatable bonds is 5. The molecule has 0 aromatic rings. The number of allylic oxidation sites excluding steroid dienone is 1. The van der Waals surface area contributed by atoms with Gasteiger partial charge in [0.05, 0.1) is 6.10 Å². The van der Waals surface area contributed by atoms with Crippen molar-refractivity contribution in [3.63, 3.8) is 0 Å². The largest absolute Gasteiger partial charge is 0.493 e. The molecule has 1 aliphatic heterocycles. The fourth-order valence-electron chi connectivity index (χ4n) is 1.73. The minimum atomic E-state index is -0.527. The summed E-state index contributed by atoms with van der Waals surface area (Å²) in [6, 6.07) is 0. The summed E-state index contributed by atoms with van der Waals surface area (Å²) in [4.78, 5) is 0. The van der Waals surface area contributed by atoms with Gasteiger partial charge < -0.3 is 15.2 Å². The molecule has 1 fully saturated rings. The Bertz CT molecular complexity index is 273. The molecule has 0 bridgehead atoms. The van der Waals surface area contributed by atoms with Gasteiger partial charge in [-0.3, -0.25) is 0 Å². The molecular weight excluding hydrogens is 190 g/mol. The van der Waals surface area contributed by atoms with Gasteiger partial charge in [0.15, 0.2) is 5.54 Å². The maximum Gasteiger partial charge on any atom is 0.155 e. The lowest BCUT2D eigenvalue weighted by molar-refractivity contribution is -0.0835. The van der Waals surface area contributed by atoms with Crippen LogP contribution in [0.5, 0.6) is 0 Å². The molecular formula is C12H21NO2. The highest BCUT2D eigenvalue weighted by atomic mass is 16.5. The van der Waals surface area contributed by atoms with Crippen molar-refractivity contribution >= 4 is 0 Å². The zero-order chi connectivity index (χ0) is 11.6. The number of nitrogens with one attached hydrogen (secondary N) is 1. The third-order valence-electron chi connectivity index (χ3n) is 2.93. The first-order valence-corrected chi connectivity index (χ1v) is 5.40. The van der Waals surface area contributed by atoms with E-state index in [2.05, 4.69) is 18.5 Å². The van der Waals surface area contributed by atoms with Crippen LogP contribution >= 0.6 is 0 Å². The second kappa shape index (κ2) is 4.27. The van der Waals surface area contributed by atoms with Gasteiger partial charge in [-0.1, -0.05) is 33.9 Å². The van der Waals surface area contributed by atoms with E-state index < -0.39 is 11.6 Å². The Morgan fingerprint density at radius 2 is 2.27 bits per heavy atom. The van der Waals surface area contributed by atoms with Gasteiger partial charge in [0, 0.05) is 5.70 Å². The zero-order valence-electron chi connectivity index (χ0n) is 9.84. The summed E-state index contributed by atoms with van der Waals surface area (Å²) < 4.78 is 5.21. The van der Waals surface area contributed by atoms with Crippen LogP contribution in [0.3, 0.4) is 0 Å². The lowest BCUT2D eigenvalue weighted by Crippen LogP contribution is -2.66. The van der Waals surface area contributed by atoms with E-state index >= 15 is 0 Å². The van der Waals surface area contributed by atoms with Gasteiger partial charge in [0.2, 0.25) is 0 Å². The first-order chi connectivity index (χ1) is 6.94. The third-order valence-corrected chi connectivity index (χ3v) is 2.93. The molecule has 1 saturated heterocycles. The fraction of sp³-hybridized carbons (Fsp3) is 0.667. The van der Waals surface area contributed by atoms with Gasteiger partial charge in [-0.15, -0.1) is 0 Å². The molecule has 1 aliphatic rings. The number of hydrogen-bond donors (Lipinski definition) is 2. The standard InChI is InChI=1S/C12H21NO2/c1-6-9(4)13-12(7-15-10(12)5)11(14)8(2)3/h8,11,13-14H,4-7H2,1-3H3/t11-,12?/m0/s1. The minimum Gasteiger partial charge on any atom is -0.493 e. The summed E-state index contributed by atoms with van der Waals surface area (Å²) in [6.45, 7) is 14.2. The van der Waals surface area contributed by atoms with Crippen LogP contribution in [-0.2, 0) is 4.74 Å². The van der Waals surface area contributed by atoms with E-state index in [4.69, 9.17) is 4.74 Å². The Labute approximate surface area is 91.8 Å². The topological polar surface area (TPSA) is 41.5 Å². The molecule has 0 saturated carbocycles. The summed E-state index contributed by atoms with van der Waals surface area (Å²) >= 11 is 0. The van der Waals surface area contributed by atoms with Crippen LogP contribution in [-0.4, -0.2) is 23.4 Å². The molecule has 1 unspecified atom stereocenters. The average molecular weight is 211 g/mol. The summed E-state index contributed by atoms with van der Waals surface area (Å²) in [7, 11) is 0. The minimum absolute atomic E-state index is 0.155. The van der Waals surface area contributed by atoms with Crippen LogP contribution in [0, 0.1) is 5.92 Å². The first kappa shape index (κ1) is 12.1. The van der Waals surface area contributed by atoms with Gasteiger partial charge in [0.1, 0.15) is 12.4 Å². The van der Waals surface area contributed by atoms with E-state index in [1.54, 1.807) is 0 Å². The van der Waals surface area contributed by atoms with Crippen LogP contribution in [0.2, 0.25) is 0 Å². The van der Waals surface area contributed by atoms with Crippen LogP contribution in [0.25, 0.3) is 0 Å². The van der Waals surface area contributed by atoms with Crippen molar-refractivity contribution in [3.05, 3.63) is 24.6 Å². The molecule has 15 heavy (non-hydrogen) atoms. The van der Waals surface area contributed by atoms with Crippen molar-refractivity contribution < 1.29 is 9.84 Å². The smallest absolute Gasteiger partial charge is 0.155 e. The Hall–Kier alpha value is -0.960. The normalized spacial score (nSPS) is 26.9. The lowest BCUT2D eigenvalue weighted by Gasteiger charge is -2.49. The third kappa shape index (κ3) is 2.02. The van der Waals surface area contributed by atoms with Crippen molar-refractivity contribution in [3.8, 4) is 0 Å². The van der Waals surface area contributed by atoms with Crippen LogP contribution in [0.15, 0.2) is 24.6 Å². The molecule has 1 rings (SSSR count). The highest BCUT2D eigenvalue weighted by molar-refractivity contribution is 5.25. The first-order valence-electron chi connectivity index (χ1n) is 5.40. The predicted molar refractivity (Wildman–Crippen MR) is 61.2 cm³/mol. The van der Waals surface area contributed by atoms with Crippen molar-refractivity contribution in [2.75, 3.05) is 6.61 Å². The van der Waals surface area contributed by atoms with Crippen LogP contribution in [0.4, 0.5) is 0 Å². The lowest BCUT2D eigenvalue weighted by atomic mass is 9.81. The molecule has 3 nitrogen and oxygen atoms in total. The molecule has 2 atom stereocenters. The van der Waals surface area contributed by atoms with E-state index in [0.717, 1.165) is 12.1 Å². The van der Waals surface area contributed by atoms with Crippen LogP contribution in [0.1, 0.15) is 27.2 Å². The molecule has 0 amide bonds. The van der Waals surface area contributed by atoms with Crippen molar-refractivity contribution in [2.24, 2.45) is 5.92 Å². The number of hydrogen-bond acceptors (Lipinski definition) is 3. The van der Waals surface area contributed by atoms with Gasteiger partial charge in [-0.05, 0) is 12.3 Å². The molecule has 0 spiro atoms. The Morgan fingerprint density at radius 3 is 2.53 bits per heavy atom. The molecule has 0 aromatic heterocycles. The highest BCUT2D eigenvalue weighted by Crippen LogP contribution is 2.35. The second-order valence-corrected chi connectivity index (χ2v) is 4.45. The summed E-state index contributed by atoms with van der Waals surface area (Å²) in [6.07, 6.45) is 0.335. The SMILES string of the molecule is C=C(CC)NC1([C@@H](O)C(C)C)COC1=C. The number of aliphatic hydroxyl groups excluding tert-OH is 1. The second-order valence-electron chi connectivity index (χ2n) is 4.45. The molecule has 86 valence electrons. The van der Waals surface area contributed by atoms with Gasteiger partial charge >= 0.3 is 0 Å². The highest BCUT2D eigenvalue weighted by Gasteiger charge is 2.51. The molecule has 0 radical (unpaired) electrons. The van der Waals surface area contributed by atoms with E-state index in [-0.39, 0.29) is 5.92 Å². The summed E-state index contributed by atoms with van der Waals surface area (Å²) in [5.74, 6) is 0.765.